The van der Waals surface area contributed by atoms with Crippen molar-refractivity contribution in [2.24, 2.45) is 0 Å². The summed E-state index contributed by atoms with van der Waals surface area (Å²) in [5, 5.41) is 12.8. The van der Waals surface area contributed by atoms with Gasteiger partial charge in [-0.2, -0.15) is 5.26 Å². The molecule has 2 rings (SSSR count). The maximum absolute atomic E-state index is 9.38. The number of nitriles is 1. The first-order chi connectivity index (χ1) is 10.1. The zero-order chi connectivity index (χ0) is 15.3. The van der Waals surface area contributed by atoms with Crippen LogP contribution in [0.2, 0.25) is 0 Å². The van der Waals surface area contributed by atoms with Gasteiger partial charge in [-0.25, -0.2) is 0 Å². The summed E-state index contributed by atoms with van der Waals surface area (Å²) in [5.74, 6) is 0. The van der Waals surface area contributed by atoms with Crippen LogP contribution in [0.1, 0.15) is 45.1 Å². The molecule has 21 heavy (non-hydrogen) atoms. The fourth-order valence-corrected chi connectivity index (χ4v) is 2.62. The Balaban J connectivity index is 1.79. The molecule has 114 valence electrons. The van der Waals surface area contributed by atoms with Crippen molar-refractivity contribution in [2.45, 2.75) is 57.5 Å². The molecule has 3 nitrogen and oxygen atoms in total. The Hall–Kier alpha value is -1.53. The van der Waals surface area contributed by atoms with E-state index in [1.807, 2.05) is 6.92 Å². The molecule has 0 aromatic heterocycles. The van der Waals surface area contributed by atoms with Gasteiger partial charge in [-0.3, -0.25) is 5.32 Å². The minimum atomic E-state index is -0.367. The van der Waals surface area contributed by atoms with Crippen molar-refractivity contribution in [3.05, 3.63) is 29.8 Å². The normalized spacial score (nSPS) is 17.0. The van der Waals surface area contributed by atoms with Gasteiger partial charge in [-0.05, 0) is 56.7 Å². The van der Waals surface area contributed by atoms with Gasteiger partial charge in [0.05, 0.1) is 6.07 Å². The molecule has 0 bridgehead atoms. The number of hydrogen-bond acceptors (Lipinski definition) is 3. The predicted octanol–water partition coefficient (Wildman–Crippen LogP) is 3.50. The van der Waals surface area contributed by atoms with Crippen LogP contribution in [0.4, 0.5) is 5.69 Å². The summed E-state index contributed by atoms with van der Waals surface area (Å²) in [7, 11) is 2.12. The van der Waals surface area contributed by atoms with Crippen LogP contribution in [0.5, 0.6) is 0 Å². The Morgan fingerprint density at radius 3 is 2.52 bits per heavy atom. The number of nitrogens with zero attached hydrogens (tertiary/aromatic N) is 2. The second kappa shape index (κ2) is 6.95. The second-order valence-electron chi connectivity index (χ2n) is 6.41. The standard InChI is InChI=1S/C18H27N3/c1-4-15-6-10-17(11-7-15)21(3)13-5-12-18(2,14-19)20-16-8-9-16/h6-7,10-11,16,20H,4-5,8-9,12-13H2,1-3H3. The molecule has 1 aromatic rings. The van der Waals surface area contributed by atoms with Gasteiger partial charge >= 0.3 is 0 Å². The molecule has 1 aliphatic rings. The van der Waals surface area contributed by atoms with E-state index in [4.69, 9.17) is 0 Å². The van der Waals surface area contributed by atoms with Gasteiger partial charge in [-0.1, -0.05) is 19.1 Å². The number of anilines is 1. The third kappa shape index (κ3) is 4.75. The first kappa shape index (κ1) is 15.9. The molecule has 1 aliphatic carbocycles. The zero-order valence-corrected chi connectivity index (χ0v) is 13.5. The molecule has 0 amide bonds. The van der Waals surface area contributed by atoms with Gasteiger partial charge in [0.2, 0.25) is 0 Å². The number of hydrogen-bond donors (Lipinski definition) is 1. The summed E-state index contributed by atoms with van der Waals surface area (Å²) in [5.41, 5.74) is 2.26. The van der Waals surface area contributed by atoms with Crippen LogP contribution in [-0.2, 0) is 6.42 Å². The molecule has 0 radical (unpaired) electrons. The van der Waals surface area contributed by atoms with Gasteiger partial charge in [0.15, 0.2) is 0 Å². The second-order valence-corrected chi connectivity index (χ2v) is 6.41. The highest BCUT2D eigenvalue weighted by Gasteiger charge is 2.31. The fourth-order valence-electron chi connectivity index (χ4n) is 2.62. The number of benzene rings is 1. The summed E-state index contributed by atoms with van der Waals surface area (Å²) in [6.07, 6.45) is 5.45. The predicted molar refractivity (Wildman–Crippen MR) is 88.5 cm³/mol. The molecule has 1 atom stereocenters. The molecule has 0 saturated heterocycles. The van der Waals surface area contributed by atoms with E-state index < -0.39 is 0 Å². The molecule has 1 aromatic carbocycles. The topological polar surface area (TPSA) is 39.1 Å². The maximum Gasteiger partial charge on any atom is 0.104 e. The van der Waals surface area contributed by atoms with E-state index in [0.29, 0.717) is 6.04 Å². The summed E-state index contributed by atoms with van der Waals surface area (Å²) in [4.78, 5) is 2.27. The highest BCUT2D eigenvalue weighted by molar-refractivity contribution is 5.46. The van der Waals surface area contributed by atoms with Crippen LogP contribution in [-0.4, -0.2) is 25.2 Å². The SMILES string of the molecule is CCc1ccc(N(C)CCCC(C)(C#N)NC2CC2)cc1. The van der Waals surface area contributed by atoms with E-state index in [0.717, 1.165) is 25.8 Å². The van der Waals surface area contributed by atoms with Crippen LogP contribution in [0.3, 0.4) is 0 Å². The lowest BCUT2D eigenvalue weighted by Gasteiger charge is -2.25. The zero-order valence-electron chi connectivity index (χ0n) is 13.5. The highest BCUT2D eigenvalue weighted by Crippen LogP contribution is 2.24. The lowest BCUT2D eigenvalue weighted by Crippen LogP contribution is -2.42. The third-order valence-corrected chi connectivity index (χ3v) is 4.30. The van der Waals surface area contributed by atoms with E-state index >= 15 is 0 Å². The highest BCUT2D eigenvalue weighted by atomic mass is 15.1. The monoisotopic (exact) mass is 285 g/mol. The van der Waals surface area contributed by atoms with E-state index in [-0.39, 0.29) is 5.54 Å². The Kier molecular flexibility index (Phi) is 5.25. The van der Waals surface area contributed by atoms with Crippen molar-refractivity contribution in [3.8, 4) is 6.07 Å². The number of rotatable bonds is 8. The van der Waals surface area contributed by atoms with Gasteiger partial charge in [0, 0.05) is 25.3 Å². The van der Waals surface area contributed by atoms with Crippen molar-refractivity contribution in [1.29, 1.82) is 5.26 Å². The van der Waals surface area contributed by atoms with Gasteiger partial charge < -0.3 is 4.90 Å². The average Bonchev–Trinajstić information content (AvgIpc) is 3.31. The molecular formula is C18H27N3. The van der Waals surface area contributed by atoms with E-state index in [9.17, 15) is 5.26 Å². The minimum absolute atomic E-state index is 0.367. The van der Waals surface area contributed by atoms with E-state index in [1.165, 1.54) is 24.1 Å². The van der Waals surface area contributed by atoms with Crippen molar-refractivity contribution in [3.63, 3.8) is 0 Å². The Bertz CT molecular complexity index is 484. The molecule has 1 unspecified atom stereocenters. The lowest BCUT2D eigenvalue weighted by atomic mass is 9.97. The molecule has 0 aliphatic heterocycles. The first-order valence-corrected chi connectivity index (χ1v) is 8.05. The number of aryl methyl sites for hydroxylation is 1. The Morgan fingerprint density at radius 2 is 2.00 bits per heavy atom. The minimum Gasteiger partial charge on any atom is -0.375 e. The van der Waals surface area contributed by atoms with Crippen LogP contribution < -0.4 is 10.2 Å². The molecular weight excluding hydrogens is 258 g/mol. The third-order valence-electron chi connectivity index (χ3n) is 4.30. The average molecular weight is 285 g/mol. The van der Waals surface area contributed by atoms with Crippen LogP contribution >= 0.6 is 0 Å². The maximum atomic E-state index is 9.38. The quantitative estimate of drug-likeness (QED) is 0.794. The molecule has 1 N–H and O–H groups in total. The van der Waals surface area contributed by atoms with Crippen molar-refractivity contribution >= 4 is 5.69 Å². The van der Waals surface area contributed by atoms with Crippen LogP contribution in [0, 0.1) is 11.3 Å². The molecule has 1 fully saturated rings. The van der Waals surface area contributed by atoms with Crippen molar-refractivity contribution in [2.75, 3.05) is 18.5 Å². The Morgan fingerprint density at radius 1 is 1.33 bits per heavy atom. The van der Waals surface area contributed by atoms with E-state index in [1.54, 1.807) is 0 Å². The summed E-state index contributed by atoms with van der Waals surface area (Å²) >= 11 is 0. The summed E-state index contributed by atoms with van der Waals surface area (Å²) < 4.78 is 0. The van der Waals surface area contributed by atoms with E-state index in [2.05, 4.69) is 54.5 Å². The van der Waals surface area contributed by atoms with Gasteiger partial charge in [0.1, 0.15) is 5.54 Å². The number of nitrogens with one attached hydrogen (secondary N) is 1. The Labute approximate surface area is 129 Å². The molecule has 0 spiro atoms. The smallest absolute Gasteiger partial charge is 0.104 e. The largest absolute Gasteiger partial charge is 0.375 e. The van der Waals surface area contributed by atoms with Crippen LogP contribution in [0.15, 0.2) is 24.3 Å². The summed E-state index contributed by atoms with van der Waals surface area (Å²) in [6.45, 7) is 5.19. The van der Waals surface area contributed by atoms with Crippen molar-refractivity contribution in [1.82, 2.24) is 5.32 Å². The molecule has 0 heterocycles. The van der Waals surface area contributed by atoms with Crippen LogP contribution in [0.25, 0.3) is 0 Å². The summed E-state index contributed by atoms with van der Waals surface area (Å²) in [6, 6.07) is 11.8. The first-order valence-electron chi connectivity index (χ1n) is 8.05. The van der Waals surface area contributed by atoms with Crippen molar-refractivity contribution < 1.29 is 0 Å². The molecule has 3 heteroatoms. The van der Waals surface area contributed by atoms with Gasteiger partial charge in [-0.15, -0.1) is 0 Å². The molecule has 1 saturated carbocycles. The fraction of sp³-hybridized carbons (Fsp3) is 0.611. The lowest BCUT2D eigenvalue weighted by molar-refractivity contribution is 0.405. The van der Waals surface area contributed by atoms with Gasteiger partial charge in [0.25, 0.3) is 0 Å².